The molecule has 0 unspecified atom stereocenters. The van der Waals surface area contributed by atoms with Crippen LogP contribution in [0.2, 0.25) is 5.02 Å². The van der Waals surface area contributed by atoms with Crippen molar-refractivity contribution in [3.8, 4) is 0 Å². The first kappa shape index (κ1) is 18.8. The first-order chi connectivity index (χ1) is 12.1. The molecule has 142 valence electrons. The molecule has 0 atom stereocenters. The van der Waals surface area contributed by atoms with Crippen molar-refractivity contribution >= 4 is 34.7 Å². The minimum absolute atomic E-state index is 0.391. The van der Waals surface area contributed by atoms with Crippen molar-refractivity contribution in [3.63, 3.8) is 0 Å². The molecule has 0 amide bonds. The Morgan fingerprint density at radius 1 is 1.42 bits per heavy atom. The fourth-order valence-corrected chi connectivity index (χ4v) is 3.67. The van der Waals surface area contributed by atoms with Crippen LogP contribution in [0.4, 0.5) is 19.2 Å². The molecule has 1 saturated heterocycles. The number of aromatic nitrogens is 1. The largest absolute Gasteiger partial charge is 0.490 e. The van der Waals surface area contributed by atoms with Gasteiger partial charge in [-0.15, -0.1) is 0 Å². The minimum Gasteiger partial charge on any atom is -0.475 e. The van der Waals surface area contributed by atoms with E-state index in [2.05, 4.69) is 9.88 Å². The molecule has 6 nitrogen and oxygen atoms in total. The van der Waals surface area contributed by atoms with E-state index in [4.69, 9.17) is 31.7 Å². The van der Waals surface area contributed by atoms with Gasteiger partial charge in [0.1, 0.15) is 5.52 Å². The van der Waals surface area contributed by atoms with Crippen molar-refractivity contribution in [3.05, 3.63) is 23.2 Å². The van der Waals surface area contributed by atoms with Crippen LogP contribution < -0.4 is 10.6 Å². The third-order valence-electron chi connectivity index (χ3n) is 4.68. The van der Waals surface area contributed by atoms with Crippen LogP contribution in [-0.4, -0.2) is 41.4 Å². The number of hydrogen-bond donors (Lipinski definition) is 2. The molecule has 4 rings (SSSR count). The van der Waals surface area contributed by atoms with E-state index in [1.165, 1.54) is 6.42 Å². The lowest BCUT2D eigenvalue weighted by atomic mass is 9.65. The molecule has 1 aliphatic carbocycles. The van der Waals surface area contributed by atoms with Gasteiger partial charge < -0.3 is 20.2 Å². The van der Waals surface area contributed by atoms with Crippen LogP contribution in [0.25, 0.3) is 11.1 Å². The maximum atomic E-state index is 10.6. The summed E-state index contributed by atoms with van der Waals surface area (Å²) < 4.78 is 37.6. The van der Waals surface area contributed by atoms with E-state index in [1.807, 2.05) is 18.2 Å². The van der Waals surface area contributed by atoms with Gasteiger partial charge in [0.05, 0.1) is 0 Å². The van der Waals surface area contributed by atoms with Crippen LogP contribution in [0.5, 0.6) is 0 Å². The van der Waals surface area contributed by atoms with Gasteiger partial charge in [0, 0.05) is 24.2 Å². The van der Waals surface area contributed by atoms with Gasteiger partial charge in [-0.1, -0.05) is 11.6 Å². The predicted octanol–water partition coefficient (Wildman–Crippen LogP) is 3.43. The van der Waals surface area contributed by atoms with Crippen molar-refractivity contribution in [1.82, 2.24) is 4.98 Å². The second-order valence-corrected chi connectivity index (χ2v) is 7.19. The normalized spacial score (nSPS) is 25.1. The Hall–Kier alpha value is -2.00. The minimum atomic E-state index is -5.08. The molecular weight excluding hydrogens is 375 g/mol. The third-order valence-corrected chi connectivity index (χ3v) is 4.92. The Morgan fingerprint density at radius 3 is 2.65 bits per heavy atom. The second kappa shape index (κ2) is 6.62. The van der Waals surface area contributed by atoms with Gasteiger partial charge >= 0.3 is 12.1 Å². The molecule has 1 spiro atoms. The van der Waals surface area contributed by atoms with E-state index in [-0.39, 0.29) is 0 Å². The highest BCUT2D eigenvalue weighted by atomic mass is 35.5. The van der Waals surface area contributed by atoms with Gasteiger partial charge in [-0.3, -0.25) is 0 Å². The highest BCUT2D eigenvalue weighted by Crippen LogP contribution is 2.48. The van der Waals surface area contributed by atoms with Crippen LogP contribution in [0, 0.1) is 5.41 Å². The number of nitrogens with zero attached hydrogens (tertiary/aromatic N) is 2. The number of nitrogens with two attached hydrogens (primary N) is 1. The van der Waals surface area contributed by atoms with E-state index in [9.17, 15) is 13.2 Å². The number of rotatable bonds is 1. The first-order valence-corrected chi connectivity index (χ1v) is 8.33. The maximum absolute atomic E-state index is 10.6. The lowest BCUT2D eigenvalue weighted by molar-refractivity contribution is -0.192. The quantitative estimate of drug-likeness (QED) is 0.773. The molecule has 1 aromatic carbocycles. The lowest BCUT2D eigenvalue weighted by Gasteiger charge is -2.43. The van der Waals surface area contributed by atoms with Crippen LogP contribution in [0.1, 0.15) is 19.3 Å². The van der Waals surface area contributed by atoms with Gasteiger partial charge in [0.15, 0.2) is 5.58 Å². The Kier molecular flexibility index (Phi) is 4.78. The summed E-state index contributed by atoms with van der Waals surface area (Å²) in [5, 5.41) is 7.82. The fraction of sp³-hybridized carbons (Fsp3) is 0.500. The van der Waals surface area contributed by atoms with Gasteiger partial charge in [-0.2, -0.15) is 18.2 Å². The van der Waals surface area contributed by atoms with E-state index < -0.39 is 12.1 Å². The van der Waals surface area contributed by atoms with Crippen molar-refractivity contribution < 1.29 is 27.5 Å². The topological polar surface area (TPSA) is 92.6 Å². The number of anilines is 1. The third kappa shape index (κ3) is 3.88. The number of carbonyl (C=O) groups is 1. The van der Waals surface area contributed by atoms with Crippen LogP contribution in [0.3, 0.4) is 0 Å². The first-order valence-electron chi connectivity index (χ1n) is 7.95. The number of carboxylic acids is 1. The van der Waals surface area contributed by atoms with Gasteiger partial charge in [-0.25, -0.2) is 4.79 Å². The predicted molar refractivity (Wildman–Crippen MR) is 89.2 cm³/mol. The molecular formula is C16H17ClF3N3O3. The van der Waals surface area contributed by atoms with Crippen molar-refractivity contribution in [2.45, 2.75) is 31.5 Å². The summed E-state index contributed by atoms with van der Waals surface area (Å²) in [5.74, 6) is -2.76. The molecule has 0 bridgehead atoms. The van der Waals surface area contributed by atoms with E-state index >= 15 is 0 Å². The SMILES string of the molecule is NC1CC2(CCN(c3nc4cc(Cl)ccc4o3)C2)C1.O=C(O)C(F)(F)F. The summed E-state index contributed by atoms with van der Waals surface area (Å²) in [7, 11) is 0. The van der Waals surface area contributed by atoms with Gasteiger partial charge in [-0.05, 0) is 42.9 Å². The van der Waals surface area contributed by atoms with E-state index in [1.54, 1.807) is 0 Å². The molecule has 26 heavy (non-hydrogen) atoms. The molecule has 2 fully saturated rings. The van der Waals surface area contributed by atoms with Crippen LogP contribution >= 0.6 is 11.6 Å². The fourth-order valence-electron chi connectivity index (χ4n) is 3.51. The number of fused-ring (bicyclic) bond motifs is 1. The van der Waals surface area contributed by atoms with Gasteiger partial charge in [0.25, 0.3) is 6.01 Å². The summed E-state index contributed by atoms with van der Waals surface area (Å²) in [6.45, 7) is 2.02. The Balaban J connectivity index is 0.000000242. The smallest absolute Gasteiger partial charge is 0.475 e. The molecule has 2 heterocycles. The Bertz CT molecular complexity index is 818. The number of benzene rings is 1. The number of hydrogen-bond acceptors (Lipinski definition) is 5. The summed E-state index contributed by atoms with van der Waals surface area (Å²) in [6.07, 6.45) is -1.62. The molecule has 2 aromatic rings. The van der Waals surface area contributed by atoms with E-state index in [0.29, 0.717) is 16.5 Å². The lowest BCUT2D eigenvalue weighted by Crippen LogP contribution is -2.47. The number of halogens is 4. The molecule has 2 aliphatic rings. The number of oxazole rings is 1. The molecule has 10 heteroatoms. The molecule has 1 aromatic heterocycles. The highest BCUT2D eigenvalue weighted by molar-refractivity contribution is 6.31. The summed E-state index contributed by atoms with van der Waals surface area (Å²) in [6, 6.07) is 6.65. The zero-order chi connectivity index (χ0) is 19.1. The number of carboxylic acid groups (broad SMARTS) is 1. The second-order valence-electron chi connectivity index (χ2n) is 6.75. The molecule has 0 radical (unpaired) electrons. The van der Waals surface area contributed by atoms with E-state index in [0.717, 1.165) is 43.0 Å². The average Bonchev–Trinajstić information content (AvgIpc) is 3.10. The summed E-state index contributed by atoms with van der Waals surface area (Å²) in [5.41, 5.74) is 7.96. The van der Waals surface area contributed by atoms with Crippen LogP contribution in [-0.2, 0) is 4.79 Å². The van der Waals surface area contributed by atoms with Crippen molar-refractivity contribution in [1.29, 1.82) is 0 Å². The average molecular weight is 392 g/mol. The number of alkyl halides is 3. The highest BCUT2D eigenvalue weighted by Gasteiger charge is 2.47. The summed E-state index contributed by atoms with van der Waals surface area (Å²) in [4.78, 5) is 15.7. The van der Waals surface area contributed by atoms with Gasteiger partial charge in [0.2, 0.25) is 0 Å². The monoisotopic (exact) mass is 391 g/mol. The maximum Gasteiger partial charge on any atom is 0.490 e. The van der Waals surface area contributed by atoms with Crippen molar-refractivity contribution in [2.75, 3.05) is 18.0 Å². The summed E-state index contributed by atoms with van der Waals surface area (Å²) >= 11 is 5.97. The van der Waals surface area contributed by atoms with Crippen LogP contribution in [0.15, 0.2) is 22.6 Å². The number of aliphatic carboxylic acids is 1. The zero-order valence-corrected chi connectivity index (χ0v) is 14.3. The molecule has 1 aliphatic heterocycles. The van der Waals surface area contributed by atoms with Crippen molar-refractivity contribution in [2.24, 2.45) is 11.1 Å². The Morgan fingerprint density at radius 2 is 2.08 bits per heavy atom. The standard InChI is InChI=1S/C14H16ClN3O.C2HF3O2/c15-9-1-2-12-11(5-9)17-13(19-12)18-4-3-14(8-18)6-10(16)7-14;3-2(4,5)1(6)7/h1-2,5,10H,3-4,6-8,16H2;(H,6,7). The molecule has 1 saturated carbocycles. The Labute approximate surface area is 151 Å². The zero-order valence-electron chi connectivity index (χ0n) is 13.6. The molecule has 3 N–H and O–H groups in total.